The van der Waals surface area contributed by atoms with Gasteiger partial charge >= 0.3 is 6.09 Å². The fourth-order valence-corrected chi connectivity index (χ4v) is 3.70. The molecule has 2 aromatic rings. The van der Waals surface area contributed by atoms with Gasteiger partial charge in [0.15, 0.2) is 0 Å². The number of likely N-dealkylation sites (N-methyl/N-ethyl adjacent to an activating group) is 1. The van der Waals surface area contributed by atoms with Crippen LogP contribution in [0.4, 0.5) is 4.79 Å². The highest BCUT2D eigenvalue weighted by atomic mass is 16.4. The van der Waals surface area contributed by atoms with Crippen LogP contribution >= 0.6 is 0 Å². The summed E-state index contributed by atoms with van der Waals surface area (Å²) in [5, 5.41) is 18.8. The first-order valence-electron chi connectivity index (χ1n) is 9.51. The van der Waals surface area contributed by atoms with Crippen LogP contribution in [0.1, 0.15) is 39.1 Å². The lowest BCUT2D eigenvalue weighted by atomic mass is 9.97. The zero-order valence-electron chi connectivity index (χ0n) is 16.2. The molecule has 0 aromatic heterocycles. The average Bonchev–Trinajstić information content (AvgIpc) is 2.98. The van der Waals surface area contributed by atoms with Crippen molar-refractivity contribution in [2.75, 3.05) is 13.7 Å². The monoisotopic (exact) mass is 396 g/mol. The van der Waals surface area contributed by atoms with Crippen molar-refractivity contribution >= 4 is 17.9 Å². The Balaban J connectivity index is 1.85. The number of rotatable bonds is 8. The molecule has 1 heterocycles. The Labute approximate surface area is 169 Å². The summed E-state index contributed by atoms with van der Waals surface area (Å²) in [6.07, 6.45) is 0.0265. The molecule has 7 heteroatoms. The highest BCUT2D eigenvalue weighted by Gasteiger charge is 2.39. The zero-order chi connectivity index (χ0) is 21.0. The van der Waals surface area contributed by atoms with Gasteiger partial charge in [-0.2, -0.15) is 0 Å². The number of aliphatic hydroxyl groups excluding tert-OH is 1. The largest absolute Gasteiger partial charge is 0.465 e. The smallest absolute Gasteiger partial charge is 0.407 e. The molecule has 0 aliphatic carbocycles. The molecule has 7 nitrogen and oxygen atoms in total. The highest BCUT2D eigenvalue weighted by Crippen LogP contribution is 2.28. The number of hydrogen-bond donors (Lipinski definition) is 2. The summed E-state index contributed by atoms with van der Waals surface area (Å²) in [6.45, 7) is -0.330. The van der Waals surface area contributed by atoms with Crippen molar-refractivity contribution in [3.8, 4) is 0 Å². The van der Waals surface area contributed by atoms with Gasteiger partial charge < -0.3 is 15.1 Å². The second-order valence-electron chi connectivity index (χ2n) is 7.18. The number of nitrogens with zero attached hydrogens (tertiary/aromatic N) is 2. The lowest BCUT2D eigenvalue weighted by molar-refractivity contribution is 0.0554. The Kier molecular flexibility index (Phi) is 6.29. The molecule has 0 saturated carbocycles. The van der Waals surface area contributed by atoms with Gasteiger partial charge in [0.05, 0.1) is 23.8 Å². The molecule has 2 unspecified atom stereocenters. The summed E-state index contributed by atoms with van der Waals surface area (Å²) < 4.78 is 0. The topological polar surface area (TPSA) is 98.2 Å². The van der Waals surface area contributed by atoms with E-state index < -0.39 is 18.2 Å². The lowest BCUT2D eigenvalue weighted by Crippen LogP contribution is -2.44. The first-order valence-corrected chi connectivity index (χ1v) is 9.51. The summed E-state index contributed by atoms with van der Waals surface area (Å²) >= 11 is 0. The maximum Gasteiger partial charge on any atom is 0.407 e. The molecule has 3 amide bonds. The van der Waals surface area contributed by atoms with Gasteiger partial charge in [0.25, 0.3) is 11.8 Å². The van der Waals surface area contributed by atoms with Crippen molar-refractivity contribution < 1.29 is 24.6 Å². The number of fused-ring (bicyclic) bond motifs is 1. The third-order valence-electron chi connectivity index (χ3n) is 5.40. The number of carboxylic acid groups (broad SMARTS) is 1. The van der Waals surface area contributed by atoms with Crippen LogP contribution in [-0.2, 0) is 6.42 Å². The van der Waals surface area contributed by atoms with Crippen LogP contribution < -0.4 is 0 Å². The average molecular weight is 396 g/mol. The van der Waals surface area contributed by atoms with E-state index in [0.717, 1.165) is 10.5 Å². The molecule has 0 fully saturated rings. The fourth-order valence-electron chi connectivity index (χ4n) is 3.70. The summed E-state index contributed by atoms with van der Waals surface area (Å²) in [6, 6.07) is 15.2. The molecule has 0 bridgehead atoms. The number of aliphatic hydroxyl groups is 1. The van der Waals surface area contributed by atoms with Crippen molar-refractivity contribution in [2.24, 2.45) is 0 Å². The minimum absolute atomic E-state index is 0.324. The Hall–Kier alpha value is -3.19. The van der Waals surface area contributed by atoms with Gasteiger partial charge in [0, 0.05) is 13.1 Å². The number of benzene rings is 2. The van der Waals surface area contributed by atoms with Crippen LogP contribution in [0.25, 0.3) is 0 Å². The van der Waals surface area contributed by atoms with E-state index in [9.17, 15) is 24.6 Å². The van der Waals surface area contributed by atoms with Gasteiger partial charge in [0.1, 0.15) is 0 Å². The predicted molar refractivity (Wildman–Crippen MR) is 107 cm³/mol. The van der Waals surface area contributed by atoms with E-state index in [0.29, 0.717) is 30.4 Å². The molecule has 29 heavy (non-hydrogen) atoms. The van der Waals surface area contributed by atoms with Crippen LogP contribution in [0.3, 0.4) is 0 Å². The number of carbonyl (C=O) groups excluding carboxylic acids is 2. The number of carbonyl (C=O) groups is 3. The van der Waals surface area contributed by atoms with Crippen molar-refractivity contribution in [2.45, 2.75) is 31.3 Å². The molecular formula is C22H24N2O5. The van der Waals surface area contributed by atoms with Crippen molar-refractivity contribution in [3.05, 3.63) is 71.3 Å². The second-order valence-corrected chi connectivity index (χ2v) is 7.18. The standard InChI is InChI=1S/C22H24N2O5/c1-23(22(28)29)17(14-25)12-11-16(13-15-7-3-2-4-8-15)24-20(26)18-9-5-6-10-19(18)21(24)27/h2-10,16-17,25H,11-14H2,1H3,(H,28,29). The maximum atomic E-state index is 12.9. The Bertz CT molecular complexity index is 864. The SMILES string of the molecule is CN(C(=O)O)C(CO)CCC(Cc1ccccc1)N1C(=O)c2ccccc2C1=O. The van der Waals surface area contributed by atoms with E-state index in [-0.39, 0.29) is 18.4 Å². The van der Waals surface area contributed by atoms with Gasteiger partial charge in [-0.05, 0) is 37.0 Å². The number of hydrogen-bond acceptors (Lipinski definition) is 4. The maximum absolute atomic E-state index is 12.9. The van der Waals surface area contributed by atoms with Crippen molar-refractivity contribution in [1.29, 1.82) is 0 Å². The van der Waals surface area contributed by atoms with Crippen molar-refractivity contribution in [1.82, 2.24) is 9.80 Å². The predicted octanol–water partition coefficient (Wildman–Crippen LogP) is 2.64. The van der Waals surface area contributed by atoms with Crippen molar-refractivity contribution in [3.63, 3.8) is 0 Å². The summed E-state index contributed by atoms with van der Waals surface area (Å²) in [5.74, 6) is -0.669. The minimum Gasteiger partial charge on any atom is -0.465 e. The third kappa shape index (κ3) is 4.30. The summed E-state index contributed by atoms with van der Waals surface area (Å²) in [4.78, 5) is 39.5. The second kappa shape index (κ2) is 8.87. The molecule has 3 rings (SSSR count). The van der Waals surface area contributed by atoms with Gasteiger partial charge in [-0.15, -0.1) is 0 Å². The Morgan fingerprint density at radius 2 is 1.52 bits per heavy atom. The molecule has 1 aliphatic heterocycles. The number of amides is 3. The van der Waals surface area contributed by atoms with Crippen LogP contribution in [0.15, 0.2) is 54.6 Å². The lowest BCUT2D eigenvalue weighted by Gasteiger charge is -2.30. The minimum atomic E-state index is -1.13. The summed E-state index contributed by atoms with van der Waals surface area (Å²) in [5.41, 5.74) is 1.75. The molecule has 0 radical (unpaired) electrons. The molecule has 2 aromatic carbocycles. The molecular weight excluding hydrogens is 372 g/mol. The Morgan fingerprint density at radius 3 is 2.03 bits per heavy atom. The van der Waals surface area contributed by atoms with Gasteiger partial charge in [-0.1, -0.05) is 42.5 Å². The van der Waals surface area contributed by atoms with E-state index in [1.165, 1.54) is 11.9 Å². The van der Waals surface area contributed by atoms with E-state index >= 15 is 0 Å². The van der Waals surface area contributed by atoms with Crippen LogP contribution in [-0.4, -0.2) is 63.7 Å². The molecule has 0 spiro atoms. The van der Waals surface area contributed by atoms with Crippen LogP contribution in [0.5, 0.6) is 0 Å². The first kappa shape index (κ1) is 20.5. The first-order chi connectivity index (χ1) is 13.9. The molecule has 152 valence electrons. The number of imide groups is 1. The van der Waals surface area contributed by atoms with E-state index in [4.69, 9.17) is 0 Å². The van der Waals surface area contributed by atoms with Crippen LogP contribution in [0.2, 0.25) is 0 Å². The highest BCUT2D eigenvalue weighted by molar-refractivity contribution is 6.21. The van der Waals surface area contributed by atoms with Gasteiger partial charge in [-0.3, -0.25) is 14.5 Å². The normalized spacial score (nSPS) is 15.2. The van der Waals surface area contributed by atoms with Gasteiger partial charge in [-0.25, -0.2) is 4.79 Å². The molecule has 2 N–H and O–H groups in total. The Morgan fingerprint density at radius 1 is 0.966 bits per heavy atom. The molecule has 2 atom stereocenters. The fraction of sp³-hybridized carbons (Fsp3) is 0.318. The van der Waals surface area contributed by atoms with Crippen LogP contribution in [0, 0.1) is 0 Å². The quantitative estimate of drug-likeness (QED) is 0.669. The third-order valence-corrected chi connectivity index (χ3v) is 5.40. The zero-order valence-corrected chi connectivity index (χ0v) is 16.2. The van der Waals surface area contributed by atoms with E-state index in [1.807, 2.05) is 30.3 Å². The van der Waals surface area contributed by atoms with E-state index in [2.05, 4.69) is 0 Å². The molecule has 1 aliphatic rings. The molecule has 0 saturated heterocycles. The van der Waals surface area contributed by atoms with Gasteiger partial charge in [0.2, 0.25) is 0 Å². The van der Waals surface area contributed by atoms with E-state index in [1.54, 1.807) is 24.3 Å². The summed E-state index contributed by atoms with van der Waals surface area (Å²) in [7, 11) is 1.40.